The summed E-state index contributed by atoms with van der Waals surface area (Å²) in [6.07, 6.45) is 3.73. The molecule has 2 heterocycles. The monoisotopic (exact) mass is 273 g/mol. The zero-order valence-corrected chi connectivity index (χ0v) is 12.8. The second-order valence-corrected chi connectivity index (χ2v) is 6.40. The predicted molar refractivity (Wildman–Crippen MR) is 85.1 cm³/mol. The maximum absolute atomic E-state index is 6.10. The zero-order valence-electron chi connectivity index (χ0n) is 12.8. The first-order valence-corrected chi connectivity index (χ1v) is 8.05. The van der Waals surface area contributed by atoms with Gasteiger partial charge in [0.25, 0.3) is 0 Å². The Morgan fingerprint density at radius 3 is 2.70 bits per heavy atom. The lowest BCUT2D eigenvalue weighted by atomic mass is 10.0. The van der Waals surface area contributed by atoms with Crippen molar-refractivity contribution in [3.05, 3.63) is 29.8 Å². The molecule has 0 aliphatic carbocycles. The van der Waals surface area contributed by atoms with Crippen LogP contribution >= 0.6 is 0 Å². The highest BCUT2D eigenvalue weighted by atomic mass is 15.3. The van der Waals surface area contributed by atoms with Gasteiger partial charge in [0.15, 0.2) is 0 Å². The number of rotatable bonds is 3. The molecule has 0 bridgehead atoms. The van der Waals surface area contributed by atoms with E-state index in [2.05, 4.69) is 47.9 Å². The van der Waals surface area contributed by atoms with Crippen LogP contribution in [0.3, 0.4) is 0 Å². The van der Waals surface area contributed by atoms with Gasteiger partial charge in [0.1, 0.15) is 0 Å². The summed E-state index contributed by atoms with van der Waals surface area (Å²) in [5.41, 5.74) is 8.71. The van der Waals surface area contributed by atoms with Crippen LogP contribution in [0.1, 0.15) is 44.7 Å². The smallest absolute Gasteiger partial charge is 0.0389 e. The number of anilines is 1. The van der Waals surface area contributed by atoms with Gasteiger partial charge in [0.2, 0.25) is 0 Å². The number of hydrogen-bond donors (Lipinski definition) is 1. The van der Waals surface area contributed by atoms with E-state index in [4.69, 9.17) is 5.73 Å². The minimum Gasteiger partial charge on any atom is -0.366 e. The molecule has 1 aromatic carbocycles. The van der Waals surface area contributed by atoms with Gasteiger partial charge in [-0.1, -0.05) is 19.1 Å². The molecule has 0 radical (unpaired) electrons. The molecule has 1 aromatic rings. The molecule has 3 rings (SSSR count). The third-order valence-electron chi connectivity index (χ3n) is 5.03. The van der Waals surface area contributed by atoms with E-state index in [-0.39, 0.29) is 6.04 Å². The van der Waals surface area contributed by atoms with Crippen molar-refractivity contribution < 1.29 is 0 Å². The van der Waals surface area contributed by atoms with Crippen LogP contribution in [0.2, 0.25) is 0 Å². The third-order valence-corrected chi connectivity index (χ3v) is 5.03. The molecule has 2 unspecified atom stereocenters. The topological polar surface area (TPSA) is 32.5 Å². The number of nitrogens with zero attached hydrogens (tertiary/aromatic N) is 2. The Morgan fingerprint density at radius 2 is 2.00 bits per heavy atom. The summed E-state index contributed by atoms with van der Waals surface area (Å²) < 4.78 is 0. The van der Waals surface area contributed by atoms with E-state index in [1.807, 2.05) is 0 Å². The summed E-state index contributed by atoms with van der Waals surface area (Å²) in [5, 5.41) is 0. The summed E-state index contributed by atoms with van der Waals surface area (Å²) in [6, 6.07) is 10.5. The molecule has 3 heteroatoms. The number of fused-ring (bicyclic) bond motifs is 1. The van der Waals surface area contributed by atoms with Crippen LogP contribution in [0.15, 0.2) is 24.3 Å². The van der Waals surface area contributed by atoms with Crippen molar-refractivity contribution in [3.63, 3.8) is 0 Å². The molecular formula is C17H27N3. The zero-order chi connectivity index (χ0) is 14.1. The number of nitrogens with two attached hydrogens (primary N) is 1. The Hall–Kier alpha value is -1.06. The van der Waals surface area contributed by atoms with Gasteiger partial charge in [0, 0.05) is 36.9 Å². The van der Waals surface area contributed by atoms with Crippen molar-refractivity contribution >= 4 is 5.69 Å². The molecule has 2 saturated heterocycles. The molecule has 2 aliphatic rings. The Kier molecular flexibility index (Phi) is 3.99. The van der Waals surface area contributed by atoms with E-state index in [1.165, 1.54) is 43.7 Å². The highest BCUT2D eigenvalue weighted by molar-refractivity contribution is 5.49. The van der Waals surface area contributed by atoms with Crippen molar-refractivity contribution in [2.45, 2.75) is 51.2 Å². The fraction of sp³-hybridized carbons (Fsp3) is 0.647. The van der Waals surface area contributed by atoms with Crippen LogP contribution in [0.25, 0.3) is 0 Å². The molecule has 3 atom stereocenters. The van der Waals surface area contributed by atoms with Crippen molar-refractivity contribution in [1.29, 1.82) is 0 Å². The van der Waals surface area contributed by atoms with Gasteiger partial charge in [-0.3, -0.25) is 4.90 Å². The molecule has 2 fully saturated rings. The summed E-state index contributed by atoms with van der Waals surface area (Å²) >= 11 is 0. The second-order valence-electron chi connectivity index (χ2n) is 6.40. The number of benzene rings is 1. The lowest BCUT2D eigenvalue weighted by Gasteiger charge is -2.43. The van der Waals surface area contributed by atoms with Crippen LogP contribution in [0, 0.1) is 0 Å². The average Bonchev–Trinajstić information content (AvgIpc) is 2.93. The van der Waals surface area contributed by atoms with Gasteiger partial charge in [-0.25, -0.2) is 0 Å². The molecule has 0 aromatic heterocycles. The molecule has 20 heavy (non-hydrogen) atoms. The molecule has 2 N–H and O–H groups in total. The number of piperazine rings is 1. The quantitative estimate of drug-likeness (QED) is 0.919. The first kappa shape index (κ1) is 13.9. The van der Waals surface area contributed by atoms with Crippen molar-refractivity contribution in [1.82, 2.24) is 4.90 Å². The van der Waals surface area contributed by atoms with E-state index in [1.54, 1.807) is 0 Å². The lowest BCUT2D eigenvalue weighted by molar-refractivity contribution is 0.203. The first-order chi connectivity index (χ1) is 9.69. The van der Waals surface area contributed by atoms with Gasteiger partial charge < -0.3 is 10.6 Å². The van der Waals surface area contributed by atoms with E-state index < -0.39 is 0 Å². The summed E-state index contributed by atoms with van der Waals surface area (Å²) in [6.45, 7) is 8.18. The van der Waals surface area contributed by atoms with Gasteiger partial charge in [-0.15, -0.1) is 0 Å². The lowest BCUT2D eigenvalue weighted by Crippen LogP contribution is -2.55. The fourth-order valence-corrected chi connectivity index (χ4v) is 3.70. The fourth-order valence-electron chi connectivity index (χ4n) is 3.70. The highest BCUT2D eigenvalue weighted by Gasteiger charge is 2.34. The highest BCUT2D eigenvalue weighted by Crippen LogP contribution is 2.29. The third kappa shape index (κ3) is 2.57. The Morgan fingerprint density at radius 1 is 1.25 bits per heavy atom. The Balaban J connectivity index is 1.74. The van der Waals surface area contributed by atoms with E-state index in [9.17, 15) is 0 Å². The first-order valence-electron chi connectivity index (χ1n) is 8.05. The minimum absolute atomic E-state index is 0.174. The standard InChI is InChI=1S/C17H27N3/c1-3-17(18)14-6-8-15(9-7-14)20-12-16-5-4-10-19(16)11-13(20)2/h6-9,13,16-17H,3-5,10-12,18H2,1-2H3/t13?,16?,17-/m0/s1. The van der Waals surface area contributed by atoms with Crippen LogP contribution in [-0.4, -0.2) is 36.6 Å². The second kappa shape index (κ2) is 5.74. The maximum atomic E-state index is 6.10. The van der Waals surface area contributed by atoms with Crippen LogP contribution in [-0.2, 0) is 0 Å². The van der Waals surface area contributed by atoms with Crippen molar-refractivity contribution in [2.75, 3.05) is 24.5 Å². The molecule has 110 valence electrons. The molecule has 0 saturated carbocycles. The van der Waals surface area contributed by atoms with Gasteiger partial charge >= 0.3 is 0 Å². The van der Waals surface area contributed by atoms with Gasteiger partial charge in [0.05, 0.1) is 0 Å². The summed E-state index contributed by atoms with van der Waals surface area (Å²) in [7, 11) is 0. The molecular weight excluding hydrogens is 246 g/mol. The van der Waals surface area contributed by atoms with E-state index in [0.29, 0.717) is 6.04 Å². The van der Waals surface area contributed by atoms with Gasteiger partial charge in [-0.2, -0.15) is 0 Å². The average molecular weight is 273 g/mol. The van der Waals surface area contributed by atoms with E-state index >= 15 is 0 Å². The minimum atomic E-state index is 0.174. The molecule has 0 amide bonds. The number of hydrogen-bond acceptors (Lipinski definition) is 3. The SMILES string of the molecule is CC[C@H](N)c1ccc(N2CC3CCCN3CC2C)cc1. The van der Waals surface area contributed by atoms with Crippen LogP contribution in [0.4, 0.5) is 5.69 Å². The van der Waals surface area contributed by atoms with Crippen LogP contribution < -0.4 is 10.6 Å². The van der Waals surface area contributed by atoms with E-state index in [0.717, 1.165) is 12.5 Å². The Labute approximate surface area is 122 Å². The largest absolute Gasteiger partial charge is 0.366 e. The Bertz CT molecular complexity index is 442. The summed E-state index contributed by atoms with van der Waals surface area (Å²) in [5.74, 6) is 0. The molecule has 0 spiro atoms. The van der Waals surface area contributed by atoms with Crippen molar-refractivity contribution in [2.24, 2.45) is 5.73 Å². The maximum Gasteiger partial charge on any atom is 0.0389 e. The normalized spacial score (nSPS) is 28.4. The predicted octanol–water partition coefficient (Wildman–Crippen LogP) is 2.77. The van der Waals surface area contributed by atoms with Crippen molar-refractivity contribution in [3.8, 4) is 0 Å². The summed E-state index contributed by atoms with van der Waals surface area (Å²) in [4.78, 5) is 5.25. The van der Waals surface area contributed by atoms with Gasteiger partial charge in [-0.05, 0) is 50.4 Å². The molecule has 3 nitrogen and oxygen atoms in total. The van der Waals surface area contributed by atoms with Crippen LogP contribution in [0.5, 0.6) is 0 Å². The molecule has 2 aliphatic heterocycles.